The van der Waals surface area contributed by atoms with Gasteiger partial charge in [-0.25, -0.2) is 10.4 Å². The molecule has 0 aliphatic heterocycles. The Hall–Kier alpha value is -2.73. The van der Waals surface area contributed by atoms with Crippen LogP contribution in [0.4, 0.5) is 0 Å². The number of pyridine rings is 1. The van der Waals surface area contributed by atoms with Crippen LogP contribution in [-0.4, -0.2) is 52.6 Å². The van der Waals surface area contributed by atoms with Crippen molar-refractivity contribution >= 4 is 70.9 Å². The standard InChI is InChI=1S/C23H19Cl2N5O2.Sb/c1-14(27-29-22(31)16-6-10-18(24)11-7-16)20-4-3-5-21(26-20)15(2)28-30-23(32)17-8-12-19(25)13-9-17;/h3-13H,1-2H3,(H,29,31)(H,30,32);/q;+3/p-1/b27-14+,28-15+;. The van der Waals surface area contributed by atoms with Crippen LogP contribution in [-0.2, 0) is 0 Å². The molecule has 0 fully saturated rings. The maximum absolute atomic E-state index is 12.2. The minimum atomic E-state index is -0.486. The molecule has 1 N–H and O–H groups in total. The molecule has 0 aliphatic rings. The van der Waals surface area contributed by atoms with Gasteiger partial charge in [0.25, 0.3) is 5.91 Å². The van der Waals surface area contributed by atoms with Crippen molar-refractivity contribution in [3.05, 3.63) is 99.3 Å². The number of halogens is 2. The van der Waals surface area contributed by atoms with Crippen LogP contribution in [0.3, 0.4) is 0 Å². The molecule has 33 heavy (non-hydrogen) atoms. The van der Waals surface area contributed by atoms with E-state index in [1.54, 1.807) is 80.6 Å². The van der Waals surface area contributed by atoms with E-state index in [4.69, 9.17) is 23.2 Å². The van der Waals surface area contributed by atoms with Crippen molar-refractivity contribution in [3.63, 3.8) is 0 Å². The minimum Gasteiger partial charge on any atom is -0.857 e. The van der Waals surface area contributed by atoms with Gasteiger partial charge < -0.3 is 5.11 Å². The second-order valence-corrected chi connectivity index (χ2v) is 7.52. The Kier molecular flexibility index (Phi) is 10.0. The smallest absolute Gasteiger partial charge is 0.857 e. The SMILES string of the molecule is C/C(=N\N=C(/[O-])c1ccc(Cl)cc1)c1cccc(/C(C)=N/NC(=O)c2ccc(Cl)cc2)n1.[Sb+3]. The number of rotatable bonds is 6. The molecule has 2 aromatic carbocycles. The number of aromatic nitrogens is 1. The molecule has 0 saturated heterocycles. The van der Waals surface area contributed by atoms with Gasteiger partial charge in [0.1, 0.15) is 0 Å². The number of nitrogens with zero attached hydrogens (tertiary/aromatic N) is 4. The summed E-state index contributed by atoms with van der Waals surface area (Å²) in [5, 5.41) is 25.1. The molecule has 0 unspecified atom stereocenters. The molecule has 1 amide bonds. The van der Waals surface area contributed by atoms with Gasteiger partial charge in [-0.05, 0) is 67.9 Å². The molecule has 1 heterocycles. The second kappa shape index (κ2) is 12.5. The van der Waals surface area contributed by atoms with Gasteiger partial charge in [-0.3, -0.25) is 4.79 Å². The third-order valence-corrected chi connectivity index (χ3v) is 4.81. The molecule has 0 atom stereocenters. The first kappa shape index (κ1) is 26.5. The summed E-state index contributed by atoms with van der Waals surface area (Å²) in [6, 6.07) is 18.1. The van der Waals surface area contributed by atoms with E-state index in [9.17, 15) is 9.90 Å². The first-order chi connectivity index (χ1) is 15.3. The Morgan fingerprint density at radius 3 is 1.91 bits per heavy atom. The van der Waals surface area contributed by atoms with E-state index in [2.05, 4.69) is 25.7 Å². The van der Waals surface area contributed by atoms with Crippen LogP contribution in [0.25, 0.3) is 0 Å². The van der Waals surface area contributed by atoms with Crippen molar-refractivity contribution in [3.8, 4) is 0 Å². The quantitative estimate of drug-likeness (QED) is 0.206. The van der Waals surface area contributed by atoms with Crippen molar-refractivity contribution in [2.75, 3.05) is 0 Å². The van der Waals surface area contributed by atoms with Gasteiger partial charge in [-0.1, -0.05) is 41.4 Å². The fourth-order valence-corrected chi connectivity index (χ4v) is 2.77. The predicted molar refractivity (Wildman–Crippen MR) is 131 cm³/mol. The number of hydrogen-bond donors (Lipinski definition) is 1. The number of hydrogen-bond acceptors (Lipinski definition) is 6. The van der Waals surface area contributed by atoms with Gasteiger partial charge in [0, 0.05) is 21.5 Å². The van der Waals surface area contributed by atoms with Gasteiger partial charge >= 0.3 is 24.4 Å². The summed E-state index contributed by atoms with van der Waals surface area (Å²) in [4.78, 5) is 16.7. The van der Waals surface area contributed by atoms with E-state index in [0.717, 1.165) is 0 Å². The van der Waals surface area contributed by atoms with Gasteiger partial charge in [0.05, 0.1) is 22.8 Å². The van der Waals surface area contributed by atoms with Gasteiger partial charge in [0.2, 0.25) is 0 Å². The molecule has 1 aromatic heterocycles. The number of hydrazone groups is 1. The van der Waals surface area contributed by atoms with Crippen LogP contribution in [0.2, 0.25) is 10.0 Å². The summed E-state index contributed by atoms with van der Waals surface area (Å²) in [6.45, 7) is 3.41. The van der Waals surface area contributed by atoms with Crippen molar-refractivity contribution in [1.82, 2.24) is 10.4 Å². The van der Waals surface area contributed by atoms with Gasteiger partial charge in [0.15, 0.2) is 0 Å². The van der Waals surface area contributed by atoms with Crippen LogP contribution in [0.15, 0.2) is 82.0 Å². The molecule has 0 spiro atoms. The van der Waals surface area contributed by atoms with Crippen LogP contribution in [0, 0.1) is 0 Å². The Labute approximate surface area is 218 Å². The molecular formula is C23H18Cl2N5O2Sb+2. The average molecular weight is 589 g/mol. The molecule has 0 saturated carbocycles. The monoisotopic (exact) mass is 587 g/mol. The molecule has 0 bridgehead atoms. The van der Waals surface area contributed by atoms with E-state index < -0.39 is 5.90 Å². The minimum absolute atomic E-state index is 0. The average Bonchev–Trinajstić information content (AvgIpc) is 2.81. The summed E-state index contributed by atoms with van der Waals surface area (Å²) < 4.78 is 0. The second-order valence-electron chi connectivity index (χ2n) is 6.65. The topological polar surface area (TPSA) is 102 Å². The number of nitrogens with one attached hydrogen (secondary N) is 1. The molecular weight excluding hydrogens is 571 g/mol. The third-order valence-electron chi connectivity index (χ3n) is 4.30. The van der Waals surface area contributed by atoms with Crippen molar-refractivity contribution in [1.29, 1.82) is 0 Å². The van der Waals surface area contributed by atoms with E-state index in [1.165, 1.54) is 0 Å². The normalized spacial score (nSPS) is 12.2. The maximum Gasteiger partial charge on any atom is 3.00 e. The van der Waals surface area contributed by atoms with Crippen LogP contribution in [0.1, 0.15) is 41.2 Å². The van der Waals surface area contributed by atoms with E-state index in [1.807, 2.05) is 0 Å². The largest absolute Gasteiger partial charge is 3.00 e. The Bertz CT molecular complexity index is 1210. The Balaban J connectivity index is 0.00000385. The fraction of sp³-hybridized carbons (Fsp3) is 0.0870. The summed E-state index contributed by atoms with van der Waals surface area (Å²) in [5.74, 6) is -0.853. The molecule has 3 rings (SSSR count). The van der Waals surface area contributed by atoms with Crippen LogP contribution in [0.5, 0.6) is 0 Å². The third kappa shape index (κ3) is 7.67. The van der Waals surface area contributed by atoms with E-state index in [-0.39, 0.29) is 30.3 Å². The zero-order valence-electron chi connectivity index (χ0n) is 17.7. The predicted octanol–water partition coefficient (Wildman–Crippen LogP) is 3.69. The van der Waals surface area contributed by atoms with Gasteiger partial charge in [-0.2, -0.15) is 15.3 Å². The summed E-state index contributed by atoms with van der Waals surface area (Å²) in [7, 11) is 0. The molecule has 7 nitrogen and oxygen atoms in total. The zero-order chi connectivity index (χ0) is 23.1. The van der Waals surface area contributed by atoms with E-state index in [0.29, 0.717) is 44.0 Å². The summed E-state index contributed by atoms with van der Waals surface area (Å²) >= 11 is 11.7. The van der Waals surface area contributed by atoms with Crippen molar-refractivity contribution in [2.24, 2.45) is 15.3 Å². The molecule has 0 aliphatic carbocycles. The Morgan fingerprint density at radius 2 is 1.33 bits per heavy atom. The summed E-state index contributed by atoms with van der Waals surface area (Å²) in [6.07, 6.45) is 0. The zero-order valence-corrected chi connectivity index (χ0v) is 21.7. The maximum atomic E-state index is 12.2. The molecule has 164 valence electrons. The van der Waals surface area contributed by atoms with Crippen LogP contribution < -0.4 is 10.5 Å². The van der Waals surface area contributed by atoms with Crippen molar-refractivity contribution in [2.45, 2.75) is 13.8 Å². The molecule has 10 heteroatoms. The summed E-state index contributed by atoms with van der Waals surface area (Å²) in [5.41, 5.74) is 5.31. The first-order valence-corrected chi connectivity index (χ1v) is 10.2. The van der Waals surface area contributed by atoms with Crippen molar-refractivity contribution < 1.29 is 9.90 Å². The number of carbonyl (C=O) groups is 1. The Morgan fingerprint density at radius 1 is 0.818 bits per heavy atom. The van der Waals surface area contributed by atoms with Crippen LogP contribution >= 0.6 is 23.2 Å². The number of amides is 1. The molecule has 3 aromatic rings. The first-order valence-electron chi connectivity index (χ1n) is 9.46. The van der Waals surface area contributed by atoms with E-state index >= 15 is 0 Å². The number of benzene rings is 2. The molecule has 2 radical (unpaired) electrons. The number of carbonyl (C=O) groups excluding carboxylic acids is 1. The van der Waals surface area contributed by atoms with Gasteiger partial charge in [-0.15, -0.1) is 0 Å². The fourth-order valence-electron chi connectivity index (χ4n) is 2.52.